The van der Waals surface area contributed by atoms with Gasteiger partial charge in [-0.1, -0.05) is 5.16 Å². The number of hydrogen-bond donors (Lipinski definition) is 1. The van der Waals surface area contributed by atoms with Gasteiger partial charge in [0.15, 0.2) is 5.82 Å². The van der Waals surface area contributed by atoms with Gasteiger partial charge in [0, 0.05) is 20.2 Å². The highest BCUT2D eigenvalue weighted by Gasteiger charge is 2.16. The Hall–Kier alpha value is -0.980. The molecule has 2 heterocycles. The lowest BCUT2D eigenvalue weighted by atomic mass is 10.4. The summed E-state index contributed by atoms with van der Waals surface area (Å²) in [6.45, 7) is 6.85. The molecule has 0 amide bonds. The number of aromatic nitrogens is 2. The Balaban J connectivity index is 1.91. The van der Waals surface area contributed by atoms with Crippen LogP contribution in [-0.4, -0.2) is 48.3 Å². The fourth-order valence-corrected chi connectivity index (χ4v) is 1.85. The van der Waals surface area contributed by atoms with Gasteiger partial charge in [-0.2, -0.15) is 4.98 Å². The van der Waals surface area contributed by atoms with Crippen molar-refractivity contribution in [3.8, 4) is 0 Å². The van der Waals surface area contributed by atoms with Crippen molar-refractivity contribution in [1.82, 2.24) is 20.4 Å². The molecule has 6 heteroatoms. The van der Waals surface area contributed by atoms with Gasteiger partial charge in [-0.25, -0.2) is 0 Å². The Bertz CT molecular complexity index is 334. The number of ether oxygens (including phenoxy) is 1. The molecular formula is C11H20N4O2. The molecule has 1 fully saturated rings. The third-order valence-electron chi connectivity index (χ3n) is 2.99. The average molecular weight is 240 g/mol. The van der Waals surface area contributed by atoms with Crippen molar-refractivity contribution in [3.05, 3.63) is 11.7 Å². The van der Waals surface area contributed by atoms with Crippen molar-refractivity contribution in [2.24, 2.45) is 0 Å². The second-order valence-electron chi connectivity index (χ2n) is 4.30. The standard InChI is InChI=1S/C11H20N4O2/c1-9(16-2)11-13-10(17-14-11)8-15-6-3-4-12-5-7-15/h9,12H,3-8H2,1-2H3/t9-/m1/s1. The Labute approximate surface area is 101 Å². The van der Waals surface area contributed by atoms with E-state index in [4.69, 9.17) is 9.26 Å². The lowest BCUT2D eigenvalue weighted by molar-refractivity contribution is 0.109. The molecule has 1 aromatic rings. The summed E-state index contributed by atoms with van der Waals surface area (Å²) in [6.07, 6.45) is 1.05. The number of hydrogen-bond acceptors (Lipinski definition) is 6. The first-order valence-corrected chi connectivity index (χ1v) is 6.08. The van der Waals surface area contributed by atoms with Crippen molar-refractivity contribution in [2.75, 3.05) is 33.3 Å². The van der Waals surface area contributed by atoms with E-state index in [-0.39, 0.29) is 6.10 Å². The van der Waals surface area contributed by atoms with Gasteiger partial charge in [-0.3, -0.25) is 4.90 Å². The SMILES string of the molecule is CO[C@H](C)c1noc(CN2CCCNCC2)n1. The molecule has 1 atom stereocenters. The van der Waals surface area contributed by atoms with Crippen molar-refractivity contribution < 1.29 is 9.26 Å². The van der Waals surface area contributed by atoms with Gasteiger partial charge < -0.3 is 14.6 Å². The van der Waals surface area contributed by atoms with Crippen molar-refractivity contribution in [2.45, 2.75) is 26.0 Å². The zero-order valence-electron chi connectivity index (χ0n) is 10.5. The van der Waals surface area contributed by atoms with Crippen LogP contribution in [-0.2, 0) is 11.3 Å². The molecule has 96 valence electrons. The monoisotopic (exact) mass is 240 g/mol. The first kappa shape index (κ1) is 12.5. The molecule has 0 spiro atoms. The van der Waals surface area contributed by atoms with E-state index in [2.05, 4.69) is 20.4 Å². The minimum Gasteiger partial charge on any atom is -0.374 e. The summed E-state index contributed by atoms with van der Waals surface area (Å²) in [7, 11) is 1.64. The van der Waals surface area contributed by atoms with Crippen LogP contribution in [0.4, 0.5) is 0 Å². The maximum absolute atomic E-state index is 5.23. The van der Waals surface area contributed by atoms with Crippen LogP contribution in [0.25, 0.3) is 0 Å². The third kappa shape index (κ3) is 3.49. The first-order chi connectivity index (χ1) is 8.29. The minimum atomic E-state index is -0.113. The number of nitrogens with zero attached hydrogens (tertiary/aromatic N) is 3. The van der Waals surface area contributed by atoms with Gasteiger partial charge in [-0.05, 0) is 26.4 Å². The number of rotatable bonds is 4. The van der Waals surface area contributed by atoms with E-state index in [0.717, 1.165) is 39.1 Å². The predicted molar refractivity (Wildman–Crippen MR) is 62.5 cm³/mol. The molecule has 1 aliphatic heterocycles. The van der Waals surface area contributed by atoms with Crippen molar-refractivity contribution in [3.63, 3.8) is 0 Å². The van der Waals surface area contributed by atoms with E-state index < -0.39 is 0 Å². The second-order valence-corrected chi connectivity index (χ2v) is 4.30. The minimum absolute atomic E-state index is 0.113. The van der Waals surface area contributed by atoms with Crippen LogP contribution in [0.5, 0.6) is 0 Å². The van der Waals surface area contributed by atoms with E-state index in [0.29, 0.717) is 11.7 Å². The number of nitrogens with one attached hydrogen (secondary N) is 1. The summed E-state index contributed by atoms with van der Waals surface area (Å²) in [5, 5.41) is 7.29. The Kier molecular flexibility index (Phi) is 4.47. The molecule has 0 unspecified atom stereocenters. The topological polar surface area (TPSA) is 63.4 Å². The van der Waals surface area contributed by atoms with Crippen LogP contribution in [0, 0.1) is 0 Å². The highest BCUT2D eigenvalue weighted by atomic mass is 16.5. The lowest BCUT2D eigenvalue weighted by Gasteiger charge is -2.16. The van der Waals surface area contributed by atoms with Crippen molar-refractivity contribution >= 4 is 0 Å². The lowest BCUT2D eigenvalue weighted by Crippen LogP contribution is -2.27. The van der Waals surface area contributed by atoms with Gasteiger partial charge in [-0.15, -0.1) is 0 Å². The van der Waals surface area contributed by atoms with E-state index in [1.807, 2.05) is 6.92 Å². The van der Waals surface area contributed by atoms with Crippen LogP contribution >= 0.6 is 0 Å². The fourth-order valence-electron chi connectivity index (χ4n) is 1.85. The van der Waals surface area contributed by atoms with Crippen LogP contribution in [0.3, 0.4) is 0 Å². The third-order valence-corrected chi connectivity index (χ3v) is 2.99. The van der Waals surface area contributed by atoms with Crippen LogP contribution in [0.2, 0.25) is 0 Å². The Morgan fingerprint density at radius 1 is 1.47 bits per heavy atom. The summed E-state index contributed by atoms with van der Waals surface area (Å²) in [5.41, 5.74) is 0. The zero-order valence-corrected chi connectivity index (χ0v) is 10.5. The average Bonchev–Trinajstić information content (AvgIpc) is 2.65. The summed E-state index contributed by atoms with van der Waals surface area (Å²) >= 11 is 0. The molecule has 1 N–H and O–H groups in total. The molecule has 0 aliphatic carbocycles. The molecule has 0 bridgehead atoms. The molecule has 0 radical (unpaired) electrons. The number of methoxy groups -OCH3 is 1. The largest absolute Gasteiger partial charge is 0.374 e. The molecule has 6 nitrogen and oxygen atoms in total. The predicted octanol–water partition coefficient (Wildman–Crippen LogP) is 0.572. The van der Waals surface area contributed by atoms with E-state index in [9.17, 15) is 0 Å². The summed E-state index contributed by atoms with van der Waals surface area (Å²) in [5.74, 6) is 1.29. The maximum Gasteiger partial charge on any atom is 0.240 e. The second kappa shape index (κ2) is 6.09. The molecular weight excluding hydrogens is 220 g/mol. The highest BCUT2D eigenvalue weighted by Crippen LogP contribution is 2.12. The van der Waals surface area contributed by atoms with Crippen LogP contribution in [0.15, 0.2) is 4.52 Å². The normalized spacial score (nSPS) is 20.1. The zero-order chi connectivity index (χ0) is 12.1. The fraction of sp³-hybridized carbons (Fsp3) is 0.818. The molecule has 0 saturated carbocycles. The van der Waals surface area contributed by atoms with Gasteiger partial charge in [0.25, 0.3) is 0 Å². The molecule has 1 aliphatic rings. The van der Waals surface area contributed by atoms with E-state index >= 15 is 0 Å². The molecule has 1 aromatic heterocycles. The summed E-state index contributed by atoms with van der Waals surface area (Å²) in [6, 6.07) is 0. The molecule has 17 heavy (non-hydrogen) atoms. The summed E-state index contributed by atoms with van der Waals surface area (Å²) in [4.78, 5) is 6.67. The smallest absolute Gasteiger partial charge is 0.240 e. The van der Waals surface area contributed by atoms with Crippen LogP contribution in [0.1, 0.15) is 31.2 Å². The highest BCUT2D eigenvalue weighted by molar-refractivity contribution is 4.90. The summed E-state index contributed by atoms with van der Waals surface area (Å²) < 4.78 is 10.4. The van der Waals surface area contributed by atoms with Gasteiger partial charge in [0.05, 0.1) is 6.54 Å². The molecule has 0 aromatic carbocycles. The van der Waals surface area contributed by atoms with Crippen molar-refractivity contribution in [1.29, 1.82) is 0 Å². The Morgan fingerprint density at radius 3 is 3.18 bits per heavy atom. The van der Waals surface area contributed by atoms with Gasteiger partial charge in [0.1, 0.15) is 6.10 Å². The molecule has 2 rings (SSSR count). The first-order valence-electron chi connectivity index (χ1n) is 6.08. The van der Waals surface area contributed by atoms with Gasteiger partial charge in [0.2, 0.25) is 5.89 Å². The maximum atomic E-state index is 5.23. The van der Waals surface area contributed by atoms with Crippen LogP contribution < -0.4 is 5.32 Å². The quantitative estimate of drug-likeness (QED) is 0.830. The Morgan fingerprint density at radius 2 is 2.35 bits per heavy atom. The van der Waals surface area contributed by atoms with Gasteiger partial charge >= 0.3 is 0 Å². The molecule has 1 saturated heterocycles. The van der Waals surface area contributed by atoms with E-state index in [1.54, 1.807) is 7.11 Å². The van der Waals surface area contributed by atoms with E-state index in [1.165, 1.54) is 0 Å².